The third kappa shape index (κ3) is 3.20. The first-order chi connectivity index (χ1) is 12.7. The number of fused-ring (bicyclic) bond motifs is 1. The van der Waals surface area contributed by atoms with Crippen molar-refractivity contribution in [2.45, 2.75) is 0 Å². The van der Waals surface area contributed by atoms with Crippen LogP contribution in [0.5, 0.6) is 11.6 Å². The number of thiazole rings is 1. The van der Waals surface area contributed by atoms with Crippen LogP contribution in [-0.4, -0.2) is 15.9 Å². The van der Waals surface area contributed by atoms with E-state index in [4.69, 9.17) is 4.74 Å². The van der Waals surface area contributed by atoms with Crippen LogP contribution >= 0.6 is 10.7 Å². The molecule has 128 valence electrons. The Bertz CT molecular complexity index is 1080. The van der Waals surface area contributed by atoms with E-state index in [9.17, 15) is 9.90 Å². The van der Waals surface area contributed by atoms with E-state index in [1.165, 1.54) is 18.3 Å². The average Bonchev–Trinajstić information content (AvgIpc) is 3.07. The van der Waals surface area contributed by atoms with Gasteiger partial charge in [-0.15, -0.1) is 0 Å². The van der Waals surface area contributed by atoms with E-state index in [-0.39, 0.29) is 22.1 Å². The maximum atomic E-state index is 11.1. The molecule has 4 aromatic rings. The predicted octanol–water partition coefficient (Wildman–Crippen LogP) is 3.41. The van der Waals surface area contributed by atoms with E-state index in [1.807, 2.05) is 35.8 Å². The van der Waals surface area contributed by atoms with Gasteiger partial charge < -0.3 is 14.6 Å². The normalized spacial score (nSPS) is 11.3. The number of carbonyl (C=O) groups excluding carboxylic acids is 1. The fourth-order valence-corrected chi connectivity index (χ4v) is 3.91. The number of carbonyl (C=O) groups is 1. The van der Waals surface area contributed by atoms with Crippen molar-refractivity contribution < 1.29 is 14.6 Å². The zero-order chi connectivity index (χ0) is 17.9. The molecule has 2 aromatic carbocycles. The average molecular weight is 363 g/mol. The van der Waals surface area contributed by atoms with Gasteiger partial charge in [-0.2, -0.15) is 9.71 Å². The number of carboxylic acids is 1. The van der Waals surface area contributed by atoms with Crippen LogP contribution in [0.25, 0.3) is 10.2 Å². The van der Waals surface area contributed by atoms with Crippen LogP contribution in [-0.2, 0) is 0 Å². The minimum atomic E-state index is -1.33. The number of hydrogen-bond acceptors (Lipinski definition) is 6. The summed E-state index contributed by atoms with van der Waals surface area (Å²) in [5, 5.41) is 11.1. The number of aromatic carboxylic acids is 1. The molecule has 1 N–H and O–H groups in total. The molecule has 0 radical (unpaired) electrons. The molecule has 7 heteroatoms. The van der Waals surface area contributed by atoms with Crippen molar-refractivity contribution in [3.8, 4) is 11.6 Å². The molecule has 0 fully saturated rings. The molecule has 0 bridgehead atoms. The predicted molar refractivity (Wildman–Crippen MR) is 98.3 cm³/mol. The van der Waals surface area contributed by atoms with Crippen LogP contribution < -0.4 is 14.6 Å². The van der Waals surface area contributed by atoms with Gasteiger partial charge in [-0.25, -0.2) is 4.98 Å². The van der Waals surface area contributed by atoms with Crippen molar-refractivity contribution in [2.75, 3.05) is 4.72 Å². The first-order valence-electron chi connectivity index (χ1n) is 7.78. The Labute approximate surface area is 151 Å². The molecule has 0 aliphatic rings. The summed E-state index contributed by atoms with van der Waals surface area (Å²) in [6.45, 7) is 0. The number of hydrogen-bond donors (Lipinski definition) is 1. The van der Waals surface area contributed by atoms with E-state index < -0.39 is 5.97 Å². The highest BCUT2D eigenvalue weighted by molar-refractivity contribution is 7.37. The summed E-state index contributed by atoms with van der Waals surface area (Å²) < 4.78 is 10.1. The van der Waals surface area contributed by atoms with Crippen LogP contribution in [0.2, 0.25) is 0 Å². The molecule has 1 atom stereocenters. The Hall–Kier alpha value is -3.45. The number of aromatic nitrogens is 2. The molecule has 4 rings (SSSR count). The summed E-state index contributed by atoms with van der Waals surface area (Å²) in [5.74, 6) is -0.834. The monoisotopic (exact) mass is 363 g/mol. The molecule has 0 amide bonds. The number of rotatable bonds is 5. The minimum Gasteiger partial charge on any atom is -0.545 e. The number of ether oxygens (including phenoxy) is 1. The summed E-state index contributed by atoms with van der Waals surface area (Å²) >= 11 is 0. The summed E-state index contributed by atoms with van der Waals surface area (Å²) in [6.07, 6.45) is 1.47. The number of nitrogens with one attached hydrogen (secondary N) is 1. The quantitative estimate of drug-likeness (QED) is 0.547. The summed E-state index contributed by atoms with van der Waals surface area (Å²) in [6, 6.07) is 18.1. The highest BCUT2D eigenvalue weighted by atomic mass is 32.2. The lowest BCUT2D eigenvalue weighted by Crippen LogP contribution is -2.23. The fourth-order valence-electron chi connectivity index (χ4n) is 2.45. The number of nitrogens with zero attached hydrogens (tertiary/aromatic N) is 2. The molecule has 0 aliphatic carbocycles. The van der Waals surface area contributed by atoms with Crippen molar-refractivity contribution in [3.05, 3.63) is 77.9 Å². The zero-order valence-corrected chi connectivity index (χ0v) is 14.3. The first-order valence-corrected chi connectivity index (χ1v) is 9.07. The van der Waals surface area contributed by atoms with E-state index in [1.54, 1.807) is 12.1 Å². The largest absolute Gasteiger partial charge is 0.545 e. The van der Waals surface area contributed by atoms with Crippen LogP contribution in [0.4, 0.5) is 5.69 Å². The molecule has 0 saturated carbocycles. The summed E-state index contributed by atoms with van der Waals surface area (Å²) in [7, 11) is -0.288. The summed E-state index contributed by atoms with van der Waals surface area (Å²) in [5.41, 5.74) is 3.70. The molecule has 1 unspecified atom stereocenters. The van der Waals surface area contributed by atoms with Gasteiger partial charge in [0, 0.05) is 12.3 Å². The van der Waals surface area contributed by atoms with Crippen LogP contribution in [0.3, 0.4) is 0 Å². The fraction of sp³-hybridized carbons (Fsp3) is 0. The molecule has 26 heavy (non-hydrogen) atoms. The Morgan fingerprint density at radius 1 is 1.00 bits per heavy atom. The van der Waals surface area contributed by atoms with Gasteiger partial charge in [0.05, 0.1) is 17.2 Å². The van der Waals surface area contributed by atoms with E-state index >= 15 is 0 Å². The second-order valence-corrected chi connectivity index (χ2v) is 6.94. The highest BCUT2D eigenvalue weighted by Gasteiger charge is 2.14. The van der Waals surface area contributed by atoms with E-state index in [0.717, 1.165) is 15.9 Å². The maximum Gasteiger partial charge on any atom is 0.258 e. The molecule has 2 heterocycles. The Balaban J connectivity index is 1.53. The molecular weight excluding hydrogens is 350 g/mol. The van der Waals surface area contributed by atoms with Crippen molar-refractivity contribution in [1.82, 2.24) is 9.97 Å². The lowest BCUT2D eigenvalue weighted by atomic mass is 10.2. The van der Waals surface area contributed by atoms with Crippen molar-refractivity contribution in [2.24, 2.45) is 0 Å². The zero-order valence-electron chi connectivity index (χ0n) is 13.5. The number of para-hydroxylation sites is 1. The number of carboxylic acid groups (broad SMARTS) is 1. The van der Waals surface area contributed by atoms with Gasteiger partial charge in [0.2, 0.25) is 10.6 Å². The molecule has 0 aliphatic heterocycles. The third-order valence-electron chi connectivity index (χ3n) is 3.69. The van der Waals surface area contributed by atoms with Crippen LogP contribution in [0.15, 0.2) is 72.4 Å². The number of pyridine rings is 1. The molecule has 0 spiro atoms. The number of anilines is 1. The Kier molecular flexibility index (Phi) is 4.20. The molecular formula is C19H13N3O3S. The van der Waals surface area contributed by atoms with Gasteiger partial charge in [0.1, 0.15) is 21.9 Å². The topological polar surface area (TPSA) is 87.2 Å². The summed E-state index contributed by atoms with van der Waals surface area (Å²) in [4.78, 5) is 19.5. The lowest BCUT2D eigenvalue weighted by Gasteiger charge is -2.10. The standard InChI is InChI=1S/C19H13N3O3S/c23-19(24)15-4-3-11-20-18(15)25-14-9-7-13(8-10-14)22-26-12-21-16-5-1-2-6-17(16)26/h1-12,22H. The van der Waals surface area contributed by atoms with E-state index in [0.29, 0.717) is 5.75 Å². The maximum absolute atomic E-state index is 11.1. The first kappa shape index (κ1) is 16.0. The lowest BCUT2D eigenvalue weighted by molar-refractivity contribution is -0.255. The van der Waals surface area contributed by atoms with Crippen LogP contribution in [0, 0.1) is 0 Å². The van der Waals surface area contributed by atoms with Gasteiger partial charge in [0.15, 0.2) is 0 Å². The van der Waals surface area contributed by atoms with Crippen molar-refractivity contribution >= 4 is 32.5 Å². The van der Waals surface area contributed by atoms with Gasteiger partial charge >= 0.3 is 0 Å². The van der Waals surface area contributed by atoms with E-state index in [2.05, 4.69) is 20.8 Å². The van der Waals surface area contributed by atoms with Gasteiger partial charge in [-0.05, 0) is 42.5 Å². The molecule has 0 saturated heterocycles. The Morgan fingerprint density at radius 3 is 2.62 bits per heavy atom. The highest BCUT2D eigenvalue weighted by Crippen LogP contribution is 2.31. The van der Waals surface area contributed by atoms with Gasteiger partial charge in [-0.3, -0.25) is 0 Å². The van der Waals surface area contributed by atoms with Gasteiger partial charge in [0.25, 0.3) is 5.51 Å². The van der Waals surface area contributed by atoms with Crippen molar-refractivity contribution in [1.29, 1.82) is 0 Å². The second kappa shape index (κ2) is 6.81. The number of benzene rings is 2. The third-order valence-corrected chi connectivity index (χ3v) is 5.28. The van der Waals surface area contributed by atoms with Gasteiger partial charge in [-0.1, -0.05) is 12.1 Å². The Morgan fingerprint density at radius 2 is 1.81 bits per heavy atom. The van der Waals surface area contributed by atoms with Crippen molar-refractivity contribution in [3.63, 3.8) is 0 Å². The van der Waals surface area contributed by atoms with Crippen LogP contribution in [0.1, 0.15) is 10.4 Å². The molecule has 6 nitrogen and oxygen atoms in total. The SMILES string of the molecule is O=C([O-])c1cccnc1Oc1ccc(N[s+]2cnc3ccccc32)cc1. The molecule has 2 aromatic heterocycles. The second-order valence-electron chi connectivity index (χ2n) is 5.41. The minimum absolute atomic E-state index is 0.00642. The smallest absolute Gasteiger partial charge is 0.258 e.